The van der Waals surface area contributed by atoms with Gasteiger partial charge in [0.25, 0.3) is 5.91 Å². The maximum Gasteiger partial charge on any atom is 0.417 e. The molecule has 2 aromatic rings. The van der Waals surface area contributed by atoms with Gasteiger partial charge in [0.15, 0.2) is 18.1 Å². The van der Waals surface area contributed by atoms with Gasteiger partial charge in [0, 0.05) is 6.54 Å². The molecule has 0 fully saturated rings. The van der Waals surface area contributed by atoms with E-state index >= 15 is 0 Å². The summed E-state index contributed by atoms with van der Waals surface area (Å²) in [4.78, 5) is 23.8. The molecule has 0 saturated heterocycles. The number of hydrogen-bond acceptors (Lipinski definition) is 5. The molecule has 9 heteroatoms. The Balaban J connectivity index is 1.92. The molecule has 0 saturated carbocycles. The third-order valence-corrected chi connectivity index (χ3v) is 3.72. The maximum absolute atomic E-state index is 12.9. The van der Waals surface area contributed by atoms with Crippen molar-refractivity contribution in [1.29, 1.82) is 0 Å². The number of amides is 1. The number of alkyl halides is 3. The molecule has 0 radical (unpaired) electrons. The van der Waals surface area contributed by atoms with Crippen LogP contribution in [-0.4, -0.2) is 32.7 Å². The zero-order valence-corrected chi connectivity index (χ0v) is 15.1. The molecule has 0 atom stereocenters. The second kappa shape index (κ2) is 9.12. The molecule has 2 aromatic carbocycles. The molecule has 150 valence electrons. The normalized spacial score (nSPS) is 10.9. The summed E-state index contributed by atoms with van der Waals surface area (Å²) in [5.41, 5.74) is -1.08. The van der Waals surface area contributed by atoms with E-state index in [4.69, 9.17) is 14.2 Å². The van der Waals surface area contributed by atoms with E-state index in [2.05, 4.69) is 5.32 Å². The Morgan fingerprint density at radius 2 is 1.68 bits per heavy atom. The summed E-state index contributed by atoms with van der Waals surface area (Å²) < 4.78 is 53.7. The van der Waals surface area contributed by atoms with E-state index in [1.54, 1.807) is 18.2 Å². The van der Waals surface area contributed by atoms with Crippen LogP contribution in [0.5, 0.6) is 11.5 Å². The predicted octanol–water partition coefficient (Wildman–Crippen LogP) is 3.20. The summed E-state index contributed by atoms with van der Waals surface area (Å²) >= 11 is 0. The van der Waals surface area contributed by atoms with Gasteiger partial charge in [-0.15, -0.1) is 0 Å². The minimum Gasteiger partial charge on any atom is -0.493 e. The summed E-state index contributed by atoms with van der Waals surface area (Å²) in [6, 6.07) is 9.23. The predicted molar refractivity (Wildman–Crippen MR) is 93.1 cm³/mol. The van der Waals surface area contributed by atoms with Crippen molar-refractivity contribution in [2.45, 2.75) is 12.7 Å². The highest BCUT2D eigenvalue weighted by molar-refractivity contribution is 5.93. The first-order chi connectivity index (χ1) is 13.3. The number of methoxy groups -OCH3 is 2. The average Bonchev–Trinajstić information content (AvgIpc) is 2.69. The standard InChI is InChI=1S/C19H18F3NO5/c1-26-15-8-7-12(9-16(15)27-2)10-23-17(24)11-28-18(25)13-5-3-4-6-14(13)19(20,21)22/h3-9H,10-11H2,1-2H3,(H,23,24). The van der Waals surface area contributed by atoms with Crippen LogP contribution in [-0.2, 0) is 22.3 Å². The largest absolute Gasteiger partial charge is 0.493 e. The third-order valence-electron chi connectivity index (χ3n) is 3.72. The maximum atomic E-state index is 12.9. The van der Waals surface area contributed by atoms with E-state index in [1.165, 1.54) is 20.3 Å². The topological polar surface area (TPSA) is 73.9 Å². The van der Waals surface area contributed by atoms with Crippen molar-refractivity contribution in [3.63, 3.8) is 0 Å². The van der Waals surface area contributed by atoms with E-state index in [-0.39, 0.29) is 6.54 Å². The van der Waals surface area contributed by atoms with Crippen molar-refractivity contribution in [3.05, 3.63) is 59.2 Å². The highest BCUT2D eigenvalue weighted by Crippen LogP contribution is 2.32. The zero-order chi connectivity index (χ0) is 20.7. The summed E-state index contributed by atoms with van der Waals surface area (Å²) in [7, 11) is 2.96. The van der Waals surface area contributed by atoms with Crippen molar-refractivity contribution >= 4 is 11.9 Å². The third kappa shape index (κ3) is 5.38. The van der Waals surface area contributed by atoms with Gasteiger partial charge in [-0.1, -0.05) is 18.2 Å². The molecule has 1 amide bonds. The van der Waals surface area contributed by atoms with Gasteiger partial charge in [0.1, 0.15) is 0 Å². The van der Waals surface area contributed by atoms with Crippen LogP contribution < -0.4 is 14.8 Å². The number of esters is 1. The van der Waals surface area contributed by atoms with Crippen LogP contribution in [0.3, 0.4) is 0 Å². The second-order valence-electron chi connectivity index (χ2n) is 5.59. The van der Waals surface area contributed by atoms with Crippen LogP contribution in [0.15, 0.2) is 42.5 Å². The van der Waals surface area contributed by atoms with E-state index < -0.39 is 35.8 Å². The van der Waals surface area contributed by atoms with Crippen LogP contribution in [0.25, 0.3) is 0 Å². The Hall–Kier alpha value is -3.23. The van der Waals surface area contributed by atoms with Crippen LogP contribution in [0, 0.1) is 0 Å². The summed E-state index contributed by atoms with van der Waals surface area (Å²) in [6.07, 6.45) is -4.70. The molecule has 0 heterocycles. The van der Waals surface area contributed by atoms with Crippen molar-refractivity contribution < 1.29 is 37.0 Å². The number of ether oxygens (including phenoxy) is 3. The van der Waals surface area contributed by atoms with Crippen LogP contribution >= 0.6 is 0 Å². The lowest BCUT2D eigenvalue weighted by molar-refractivity contribution is -0.138. The Morgan fingerprint density at radius 3 is 2.32 bits per heavy atom. The van der Waals surface area contributed by atoms with Gasteiger partial charge >= 0.3 is 12.1 Å². The molecule has 0 spiro atoms. The molecule has 0 aliphatic carbocycles. The fourth-order valence-corrected chi connectivity index (χ4v) is 2.36. The summed E-state index contributed by atoms with van der Waals surface area (Å²) in [5.74, 6) is -0.888. The van der Waals surface area contributed by atoms with E-state index in [9.17, 15) is 22.8 Å². The molecule has 28 heavy (non-hydrogen) atoms. The summed E-state index contributed by atoms with van der Waals surface area (Å²) in [6.45, 7) is -0.603. The average molecular weight is 397 g/mol. The highest BCUT2D eigenvalue weighted by atomic mass is 19.4. The minimum atomic E-state index is -4.70. The van der Waals surface area contributed by atoms with Gasteiger partial charge in [-0.2, -0.15) is 13.2 Å². The van der Waals surface area contributed by atoms with Gasteiger partial charge in [0.2, 0.25) is 0 Å². The lowest BCUT2D eigenvalue weighted by Gasteiger charge is -2.12. The Morgan fingerprint density at radius 1 is 1.00 bits per heavy atom. The number of nitrogens with one attached hydrogen (secondary N) is 1. The molecule has 0 aliphatic heterocycles. The first-order valence-electron chi connectivity index (χ1n) is 8.07. The monoisotopic (exact) mass is 397 g/mol. The van der Waals surface area contributed by atoms with Gasteiger partial charge < -0.3 is 19.5 Å². The second-order valence-corrected chi connectivity index (χ2v) is 5.59. The van der Waals surface area contributed by atoms with E-state index in [0.29, 0.717) is 17.1 Å². The van der Waals surface area contributed by atoms with Crippen LogP contribution in [0.1, 0.15) is 21.5 Å². The van der Waals surface area contributed by atoms with Crippen molar-refractivity contribution in [1.82, 2.24) is 5.32 Å². The molecule has 1 N–H and O–H groups in total. The van der Waals surface area contributed by atoms with Crippen molar-refractivity contribution in [3.8, 4) is 11.5 Å². The van der Waals surface area contributed by atoms with Gasteiger partial charge in [-0.25, -0.2) is 4.79 Å². The number of carbonyl (C=O) groups excluding carboxylic acids is 2. The molecule has 2 rings (SSSR count). The Labute approximate surface area is 159 Å². The molecular formula is C19H18F3NO5. The quantitative estimate of drug-likeness (QED) is 0.727. The van der Waals surface area contributed by atoms with Crippen LogP contribution in [0.2, 0.25) is 0 Å². The molecule has 0 aliphatic rings. The molecule has 6 nitrogen and oxygen atoms in total. The minimum absolute atomic E-state index is 0.107. The Bertz CT molecular complexity index is 852. The van der Waals surface area contributed by atoms with Crippen molar-refractivity contribution in [2.24, 2.45) is 0 Å². The van der Waals surface area contributed by atoms with E-state index in [0.717, 1.165) is 18.2 Å². The summed E-state index contributed by atoms with van der Waals surface area (Å²) in [5, 5.41) is 2.50. The number of benzene rings is 2. The zero-order valence-electron chi connectivity index (χ0n) is 15.1. The highest BCUT2D eigenvalue weighted by Gasteiger charge is 2.35. The molecule has 0 bridgehead atoms. The smallest absolute Gasteiger partial charge is 0.417 e. The van der Waals surface area contributed by atoms with Gasteiger partial charge in [-0.05, 0) is 29.8 Å². The van der Waals surface area contributed by atoms with Crippen LogP contribution in [0.4, 0.5) is 13.2 Å². The SMILES string of the molecule is COc1ccc(CNC(=O)COC(=O)c2ccccc2C(F)(F)F)cc1OC. The number of carbonyl (C=O) groups is 2. The fraction of sp³-hybridized carbons (Fsp3) is 0.263. The lowest BCUT2D eigenvalue weighted by atomic mass is 10.1. The lowest BCUT2D eigenvalue weighted by Crippen LogP contribution is -2.28. The first kappa shape index (κ1) is 21.1. The van der Waals surface area contributed by atoms with Gasteiger partial charge in [0.05, 0.1) is 25.3 Å². The number of halogens is 3. The molecule has 0 unspecified atom stereocenters. The molecule has 0 aromatic heterocycles. The fourth-order valence-electron chi connectivity index (χ4n) is 2.36. The van der Waals surface area contributed by atoms with Gasteiger partial charge in [-0.3, -0.25) is 4.79 Å². The first-order valence-corrected chi connectivity index (χ1v) is 8.07. The number of hydrogen-bond donors (Lipinski definition) is 1. The Kier molecular flexibility index (Phi) is 6.86. The molecular weight excluding hydrogens is 379 g/mol. The number of rotatable bonds is 7. The van der Waals surface area contributed by atoms with E-state index in [1.807, 2.05) is 0 Å². The van der Waals surface area contributed by atoms with Crippen molar-refractivity contribution in [2.75, 3.05) is 20.8 Å².